The summed E-state index contributed by atoms with van der Waals surface area (Å²) >= 11 is 0. The predicted octanol–water partition coefficient (Wildman–Crippen LogP) is 3.98. The van der Waals surface area contributed by atoms with Crippen LogP contribution in [0.5, 0.6) is 0 Å². The van der Waals surface area contributed by atoms with Gasteiger partial charge in [-0.2, -0.15) is 0 Å². The molecule has 17 heavy (non-hydrogen) atoms. The average Bonchev–Trinajstić information content (AvgIpc) is 2.78. The maximum absolute atomic E-state index is 5.51. The van der Waals surface area contributed by atoms with Gasteiger partial charge in [-0.25, -0.2) is 4.98 Å². The van der Waals surface area contributed by atoms with Crippen LogP contribution in [0.3, 0.4) is 0 Å². The first kappa shape index (κ1) is 11.8. The molecule has 3 nitrogen and oxygen atoms in total. The fourth-order valence-electron chi connectivity index (χ4n) is 1.58. The number of hydrogen-bond donors (Lipinski definition) is 0. The highest BCUT2D eigenvalue weighted by Gasteiger charge is 2.10. The van der Waals surface area contributed by atoms with Gasteiger partial charge in [0.25, 0.3) is 0 Å². The Kier molecular flexibility index (Phi) is 3.27. The van der Waals surface area contributed by atoms with Gasteiger partial charge in [-0.1, -0.05) is 27.7 Å². The van der Waals surface area contributed by atoms with E-state index in [2.05, 4.69) is 37.7 Å². The van der Waals surface area contributed by atoms with Gasteiger partial charge in [-0.15, -0.1) is 0 Å². The van der Waals surface area contributed by atoms with E-state index < -0.39 is 0 Å². The second kappa shape index (κ2) is 4.70. The number of hydrogen-bond acceptors (Lipinski definition) is 3. The highest BCUT2D eigenvalue weighted by molar-refractivity contribution is 5.53. The van der Waals surface area contributed by atoms with E-state index in [1.807, 2.05) is 18.3 Å². The first-order valence-electron chi connectivity index (χ1n) is 5.99. The van der Waals surface area contributed by atoms with Crippen molar-refractivity contribution in [3.63, 3.8) is 0 Å². The average molecular weight is 230 g/mol. The fourth-order valence-corrected chi connectivity index (χ4v) is 1.58. The number of oxazole rings is 1. The molecule has 0 fully saturated rings. The molecule has 2 aromatic rings. The van der Waals surface area contributed by atoms with Crippen LogP contribution in [0.1, 0.15) is 50.9 Å². The van der Waals surface area contributed by atoms with Crippen molar-refractivity contribution in [3.8, 4) is 11.5 Å². The lowest BCUT2D eigenvalue weighted by atomic mass is 10.1. The summed E-state index contributed by atoms with van der Waals surface area (Å²) in [5.74, 6) is 1.48. The maximum atomic E-state index is 5.51. The summed E-state index contributed by atoms with van der Waals surface area (Å²) in [4.78, 5) is 8.82. The van der Waals surface area contributed by atoms with E-state index >= 15 is 0 Å². The lowest BCUT2D eigenvalue weighted by molar-refractivity contribution is 0.571. The van der Waals surface area contributed by atoms with E-state index in [9.17, 15) is 0 Å². The second-order valence-corrected chi connectivity index (χ2v) is 4.86. The van der Waals surface area contributed by atoms with Gasteiger partial charge in [0.05, 0.1) is 5.69 Å². The summed E-state index contributed by atoms with van der Waals surface area (Å²) in [6.07, 6.45) is 3.54. The Morgan fingerprint density at radius 3 is 2.35 bits per heavy atom. The molecule has 3 heteroatoms. The Balaban J connectivity index is 2.35. The van der Waals surface area contributed by atoms with Crippen LogP contribution in [0.25, 0.3) is 11.5 Å². The van der Waals surface area contributed by atoms with Crippen LogP contribution in [0.2, 0.25) is 0 Å². The van der Waals surface area contributed by atoms with Gasteiger partial charge in [0.15, 0.2) is 0 Å². The molecule has 90 valence electrons. The summed E-state index contributed by atoms with van der Waals surface area (Å²) in [6.45, 7) is 8.46. The molecule has 0 N–H and O–H groups in total. The molecule has 0 atom stereocenters. The van der Waals surface area contributed by atoms with E-state index in [0.717, 1.165) is 17.0 Å². The molecule has 2 rings (SSSR count). The van der Waals surface area contributed by atoms with Crippen LogP contribution in [0.15, 0.2) is 29.0 Å². The highest BCUT2D eigenvalue weighted by atomic mass is 16.3. The first-order valence-corrected chi connectivity index (χ1v) is 5.99. The van der Waals surface area contributed by atoms with Gasteiger partial charge in [-0.05, 0) is 24.0 Å². The van der Waals surface area contributed by atoms with Crippen molar-refractivity contribution in [2.45, 2.75) is 39.5 Å². The van der Waals surface area contributed by atoms with Crippen LogP contribution < -0.4 is 0 Å². The molecule has 2 aromatic heterocycles. The van der Waals surface area contributed by atoms with E-state index in [1.54, 1.807) is 6.26 Å². The molecule has 0 aliphatic carbocycles. The molecular weight excluding hydrogens is 212 g/mol. The van der Waals surface area contributed by atoms with Gasteiger partial charge in [-0.3, -0.25) is 4.98 Å². The minimum Gasteiger partial charge on any atom is -0.444 e. The van der Waals surface area contributed by atoms with E-state index in [-0.39, 0.29) is 0 Å². The largest absolute Gasteiger partial charge is 0.444 e. The summed E-state index contributed by atoms with van der Waals surface area (Å²) in [5.41, 5.74) is 3.05. The molecule has 2 heterocycles. The van der Waals surface area contributed by atoms with Crippen molar-refractivity contribution in [2.24, 2.45) is 0 Å². The molecule has 0 aliphatic rings. The van der Waals surface area contributed by atoms with Crippen LogP contribution in [-0.4, -0.2) is 9.97 Å². The minimum atomic E-state index is 0.388. The summed E-state index contributed by atoms with van der Waals surface area (Å²) in [5, 5.41) is 0. The lowest BCUT2D eigenvalue weighted by Crippen LogP contribution is -1.93. The second-order valence-electron chi connectivity index (χ2n) is 4.86. The van der Waals surface area contributed by atoms with E-state index in [4.69, 9.17) is 4.42 Å². The van der Waals surface area contributed by atoms with E-state index in [1.165, 1.54) is 0 Å². The van der Waals surface area contributed by atoms with Crippen molar-refractivity contribution in [1.82, 2.24) is 9.97 Å². The number of rotatable bonds is 3. The van der Waals surface area contributed by atoms with Gasteiger partial charge >= 0.3 is 0 Å². The third kappa shape index (κ3) is 2.54. The smallest absolute Gasteiger partial charge is 0.226 e. The zero-order valence-corrected chi connectivity index (χ0v) is 10.8. The van der Waals surface area contributed by atoms with E-state index in [0.29, 0.717) is 17.7 Å². The SMILES string of the molecule is CC(C)c1cc(-c2nc(C(C)C)co2)ccn1. The Morgan fingerprint density at radius 1 is 1.06 bits per heavy atom. The monoisotopic (exact) mass is 230 g/mol. The minimum absolute atomic E-state index is 0.388. The zero-order chi connectivity index (χ0) is 12.4. The number of nitrogens with zero attached hydrogens (tertiary/aromatic N) is 2. The molecule has 0 amide bonds. The van der Waals surface area contributed by atoms with Gasteiger partial charge < -0.3 is 4.42 Å². The standard InChI is InChI=1S/C14H18N2O/c1-9(2)12-7-11(5-6-15-12)14-16-13(8-17-14)10(3)4/h5-10H,1-4H3. The number of aromatic nitrogens is 2. The Labute approximate surface area is 102 Å². The van der Waals surface area contributed by atoms with Crippen molar-refractivity contribution in [3.05, 3.63) is 36.0 Å². The Bertz CT molecular complexity index is 500. The third-order valence-corrected chi connectivity index (χ3v) is 2.73. The van der Waals surface area contributed by atoms with Crippen molar-refractivity contribution in [2.75, 3.05) is 0 Å². The Hall–Kier alpha value is -1.64. The zero-order valence-electron chi connectivity index (χ0n) is 10.8. The molecule has 0 radical (unpaired) electrons. The molecule has 0 bridgehead atoms. The van der Waals surface area contributed by atoms with Crippen LogP contribution in [-0.2, 0) is 0 Å². The predicted molar refractivity (Wildman–Crippen MR) is 67.9 cm³/mol. The molecule has 0 saturated carbocycles. The fraction of sp³-hybridized carbons (Fsp3) is 0.429. The first-order chi connectivity index (χ1) is 8.08. The third-order valence-electron chi connectivity index (χ3n) is 2.73. The molecule has 0 saturated heterocycles. The summed E-state index contributed by atoms with van der Waals surface area (Å²) in [6, 6.07) is 3.97. The van der Waals surface area contributed by atoms with Crippen LogP contribution in [0, 0.1) is 0 Å². The summed E-state index contributed by atoms with van der Waals surface area (Å²) in [7, 11) is 0. The van der Waals surface area contributed by atoms with Gasteiger partial charge in [0.2, 0.25) is 5.89 Å². The summed E-state index contributed by atoms with van der Waals surface area (Å²) < 4.78 is 5.51. The normalized spacial score (nSPS) is 11.4. The Morgan fingerprint density at radius 2 is 1.76 bits per heavy atom. The maximum Gasteiger partial charge on any atom is 0.226 e. The highest BCUT2D eigenvalue weighted by Crippen LogP contribution is 2.24. The molecule has 0 unspecified atom stereocenters. The van der Waals surface area contributed by atoms with Crippen LogP contribution in [0.4, 0.5) is 0 Å². The number of pyridine rings is 1. The van der Waals surface area contributed by atoms with Gasteiger partial charge in [0, 0.05) is 17.5 Å². The molecule has 0 aromatic carbocycles. The quantitative estimate of drug-likeness (QED) is 0.800. The van der Waals surface area contributed by atoms with Gasteiger partial charge in [0.1, 0.15) is 6.26 Å². The van der Waals surface area contributed by atoms with Crippen molar-refractivity contribution < 1.29 is 4.42 Å². The topological polar surface area (TPSA) is 38.9 Å². The lowest BCUT2D eigenvalue weighted by Gasteiger charge is -2.04. The van der Waals surface area contributed by atoms with Crippen molar-refractivity contribution >= 4 is 0 Å². The molecule has 0 spiro atoms. The molecular formula is C14H18N2O. The van der Waals surface area contributed by atoms with Crippen molar-refractivity contribution in [1.29, 1.82) is 0 Å². The molecule has 0 aliphatic heterocycles. The van der Waals surface area contributed by atoms with Crippen LogP contribution >= 0.6 is 0 Å².